The highest BCUT2D eigenvalue weighted by Gasteiger charge is 2.19. The Labute approximate surface area is 146 Å². The number of amides is 1. The Bertz CT molecular complexity index is 503. The van der Waals surface area contributed by atoms with Crippen molar-refractivity contribution in [1.82, 2.24) is 10.6 Å². The number of halogens is 2. The molecule has 0 saturated heterocycles. The van der Waals surface area contributed by atoms with Crippen LogP contribution in [0.15, 0.2) is 29.3 Å². The molecule has 7 heteroatoms. The van der Waals surface area contributed by atoms with E-state index in [1.807, 2.05) is 0 Å². The summed E-state index contributed by atoms with van der Waals surface area (Å²) in [6.45, 7) is 1.82. The standard InChI is InChI=1S/C15H21ClN4O.BrH/c16-13-5-3-12(4-6-13)14(21)18-9-10-20-15(17)19-8-7-11-1-2-11;/h3-6,11H,1-2,7-10H2,(H,18,21)(H3,17,19,20);1H. The van der Waals surface area contributed by atoms with Crippen molar-refractivity contribution in [2.24, 2.45) is 16.6 Å². The van der Waals surface area contributed by atoms with Crippen molar-refractivity contribution in [2.75, 3.05) is 19.6 Å². The second kappa shape index (κ2) is 9.69. The van der Waals surface area contributed by atoms with Crippen molar-refractivity contribution in [3.63, 3.8) is 0 Å². The molecule has 1 fully saturated rings. The molecular formula is C15H22BrClN4O. The first-order chi connectivity index (χ1) is 10.1. The van der Waals surface area contributed by atoms with Crippen molar-refractivity contribution >= 4 is 40.4 Å². The average molecular weight is 390 g/mol. The molecule has 2 rings (SSSR count). The molecule has 1 amide bonds. The second-order valence-electron chi connectivity index (χ2n) is 5.19. The Balaban J connectivity index is 0.00000242. The van der Waals surface area contributed by atoms with E-state index in [0.29, 0.717) is 29.6 Å². The van der Waals surface area contributed by atoms with Crippen LogP contribution in [0.2, 0.25) is 5.02 Å². The highest BCUT2D eigenvalue weighted by molar-refractivity contribution is 8.93. The van der Waals surface area contributed by atoms with Crippen molar-refractivity contribution in [1.29, 1.82) is 0 Å². The van der Waals surface area contributed by atoms with Gasteiger partial charge in [0.1, 0.15) is 0 Å². The highest BCUT2D eigenvalue weighted by atomic mass is 79.9. The third-order valence-corrected chi connectivity index (χ3v) is 3.59. The summed E-state index contributed by atoms with van der Waals surface area (Å²) in [7, 11) is 0. The molecule has 0 heterocycles. The van der Waals surface area contributed by atoms with Gasteiger partial charge < -0.3 is 16.4 Å². The zero-order valence-corrected chi connectivity index (χ0v) is 14.8. The number of carbonyl (C=O) groups excluding carboxylic acids is 1. The van der Waals surface area contributed by atoms with Crippen LogP contribution in [0.3, 0.4) is 0 Å². The maximum Gasteiger partial charge on any atom is 0.251 e. The Morgan fingerprint density at radius 2 is 1.86 bits per heavy atom. The average Bonchev–Trinajstić information content (AvgIpc) is 3.28. The lowest BCUT2D eigenvalue weighted by Gasteiger charge is -2.07. The van der Waals surface area contributed by atoms with Gasteiger partial charge in [0, 0.05) is 30.2 Å². The van der Waals surface area contributed by atoms with Crippen LogP contribution in [0, 0.1) is 5.92 Å². The number of aliphatic imine (C=N–C) groups is 1. The summed E-state index contributed by atoms with van der Waals surface area (Å²) in [6.07, 6.45) is 3.79. The molecule has 0 bridgehead atoms. The molecule has 5 nitrogen and oxygen atoms in total. The molecule has 1 aromatic rings. The fraction of sp³-hybridized carbons (Fsp3) is 0.467. The van der Waals surface area contributed by atoms with Gasteiger partial charge in [0.15, 0.2) is 5.96 Å². The third kappa shape index (κ3) is 7.13. The number of rotatable bonds is 7. The lowest BCUT2D eigenvalue weighted by atomic mass is 10.2. The zero-order chi connectivity index (χ0) is 15.1. The highest BCUT2D eigenvalue weighted by Crippen LogP contribution is 2.31. The number of guanidine groups is 1. The fourth-order valence-corrected chi connectivity index (χ4v) is 2.03. The van der Waals surface area contributed by atoms with Crippen LogP contribution in [0.4, 0.5) is 0 Å². The van der Waals surface area contributed by atoms with Crippen molar-refractivity contribution in [2.45, 2.75) is 19.3 Å². The molecule has 1 saturated carbocycles. The minimum absolute atomic E-state index is 0. The van der Waals surface area contributed by atoms with E-state index in [9.17, 15) is 4.79 Å². The SMILES string of the molecule is Br.NC(=NCCC1CC1)NCCNC(=O)c1ccc(Cl)cc1. The molecule has 0 aromatic heterocycles. The van der Waals surface area contributed by atoms with Crippen molar-refractivity contribution in [3.8, 4) is 0 Å². The fourth-order valence-electron chi connectivity index (χ4n) is 1.90. The number of nitrogens with two attached hydrogens (primary N) is 1. The van der Waals surface area contributed by atoms with Gasteiger partial charge in [-0.3, -0.25) is 9.79 Å². The van der Waals surface area contributed by atoms with Gasteiger partial charge in [0.2, 0.25) is 0 Å². The first kappa shape index (κ1) is 18.8. The van der Waals surface area contributed by atoms with Gasteiger partial charge >= 0.3 is 0 Å². The Hall–Kier alpha value is -1.27. The summed E-state index contributed by atoms with van der Waals surface area (Å²) in [4.78, 5) is 16.1. The van der Waals surface area contributed by atoms with E-state index in [1.54, 1.807) is 24.3 Å². The summed E-state index contributed by atoms with van der Waals surface area (Å²) in [6, 6.07) is 6.77. The smallest absolute Gasteiger partial charge is 0.251 e. The first-order valence-corrected chi connectivity index (χ1v) is 7.60. The van der Waals surface area contributed by atoms with E-state index < -0.39 is 0 Å². The summed E-state index contributed by atoms with van der Waals surface area (Å²) in [5.41, 5.74) is 6.32. The van der Waals surface area contributed by atoms with E-state index in [2.05, 4.69) is 15.6 Å². The van der Waals surface area contributed by atoms with Gasteiger partial charge in [0.05, 0.1) is 0 Å². The predicted octanol–water partition coefficient (Wildman–Crippen LogP) is 2.35. The summed E-state index contributed by atoms with van der Waals surface area (Å²) < 4.78 is 0. The quantitative estimate of drug-likeness (QED) is 0.380. The molecule has 0 spiro atoms. The van der Waals surface area contributed by atoms with Gasteiger partial charge in [0.25, 0.3) is 5.91 Å². The first-order valence-electron chi connectivity index (χ1n) is 7.22. The minimum atomic E-state index is -0.127. The zero-order valence-electron chi connectivity index (χ0n) is 12.3. The minimum Gasteiger partial charge on any atom is -0.370 e. The maximum absolute atomic E-state index is 11.8. The van der Waals surface area contributed by atoms with Gasteiger partial charge in [-0.2, -0.15) is 0 Å². The molecule has 1 aliphatic rings. The normalized spacial score (nSPS) is 14.1. The number of nitrogens with one attached hydrogen (secondary N) is 2. The molecule has 0 unspecified atom stereocenters. The van der Waals surface area contributed by atoms with Crippen LogP contribution < -0.4 is 16.4 Å². The summed E-state index contributed by atoms with van der Waals surface area (Å²) in [5.74, 6) is 1.18. The lowest BCUT2D eigenvalue weighted by Crippen LogP contribution is -2.38. The molecule has 1 aliphatic carbocycles. The maximum atomic E-state index is 11.8. The number of nitrogens with zero attached hydrogens (tertiary/aromatic N) is 1. The predicted molar refractivity (Wildman–Crippen MR) is 95.9 cm³/mol. The lowest BCUT2D eigenvalue weighted by molar-refractivity contribution is 0.0954. The Morgan fingerprint density at radius 1 is 1.23 bits per heavy atom. The van der Waals surface area contributed by atoms with Gasteiger partial charge in [-0.05, 0) is 36.6 Å². The number of carbonyl (C=O) groups is 1. The largest absolute Gasteiger partial charge is 0.370 e. The van der Waals surface area contributed by atoms with E-state index in [-0.39, 0.29) is 22.9 Å². The van der Waals surface area contributed by atoms with Crippen LogP contribution >= 0.6 is 28.6 Å². The Kier molecular flexibility index (Phi) is 8.27. The third-order valence-electron chi connectivity index (χ3n) is 3.34. The molecule has 4 N–H and O–H groups in total. The van der Waals surface area contributed by atoms with E-state index in [0.717, 1.165) is 18.9 Å². The monoisotopic (exact) mass is 388 g/mol. The number of hydrogen-bond donors (Lipinski definition) is 3. The molecule has 1 aromatic carbocycles. The summed E-state index contributed by atoms with van der Waals surface area (Å²) >= 11 is 5.77. The number of hydrogen-bond acceptors (Lipinski definition) is 2. The summed E-state index contributed by atoms with van der Waals surface area (Å²) in [5, 5.41) is 6.40. The molecular weight excluding hydrogens is 368 g/mol. The molecule has 0 aliphatic heterocycles. The van der Waals surface area contributed by atoms with E-state index in [1.165, 1.54) is 12.8 Å². The van der Waals surface area contributed by atoms with Crippen LogP contribution in [0.25, 0.3) is 0 Å². The van der Waals surface area contributed by atoms with Crippen LogP contribution in [0.1, 0.15) is 29.6 Å². The molecule has 0 radical (unpaired) electrons. The van der Waals surface area contributed by atoms with Crippen LogP contribution in [-0.2, 0) is 0 Å². The Morgan fingerprint density at radius 3 is 2.50 bits per heavy atom. The van der Waals surface area contributed by atoms with E-state index >= 15 is 0 Å². The van der Waals surface area contributed by atoms with Gasteiger partial charge in [-0.1, -0.05) is 24.4 Å². The van der Waals surface area contributed by atoms with Gasteiger partial charge in [-0.15, -0.1) is 17.0 Å². The molecule has 0 atom stereocenters. The van der Waals surface area contributed by atoms with Crippen molar-refractivity contribution < 1.29 is 4.79 Å². The van der Waals surface area contributed by atoms with Crippen LogP contribution in [-0.4, -0.2) is 31.5 Å². The molecule has 122 valence electrons. The second-order valence-corrected chi connectivity index (χ2v) is 5.63. The van der Waals surface area contributed by atoms with Gasteiger partial charge in [-0.25, -0.2) is 0 Å². The van der Waals surface area contributed by atoms with E-state index in [4.69, 9.17) is 17.3 Å². The topological polar surface area (TPSA) is 79.5 Å². The molecule has 22 heavy (non-hydrogen) atoms. The van der Waals surface area contributed by atoms with Crippen LogP contribution in [0.5, 0.6) is 0 Å². The van der Waals surface area contributed by atoms with Crippen molar-refractivity contribution in [3.05, 3.63) is 34.9 Å². The number of benzene rings is 1.